The first-order valence-electron chi connectivity index (χ1n) is 10.2. The molecule has 0 saturated carbocycles. The van der Waals surface area contributed by atoms with Gasteiger partial charge in [0.2, 0.25) is 11.8 Å². The third-order valence-corrected chi connectivity index (χ3v) is 5.09. The van der Waals surface area contributed by atoms with Gasteiger partial charge in [0.15, 0.2) is 0 Å². The van der Waals surface area contributed by atoms with Crippen LogP contribution in [0.5, 0.6) is 5.88 Å². The van der Waals surface area contributed by atoms with E-state index < -0.39 is 0 Å². The smallest absolute Gasteiger partial charge is 0.253 e. The van der Waals surface area contributed by atoms with Crippen LogP contribution in [0.3, 0.4) is 0 Å². The molecular formula is C23H29N3O4. The van der Waals surface area contributed by atoms with Crippen molar-refractivity contribution in [3.63, 3.8) is 0 Å². The molecule has 2 aromatic rings. The van der Waals surface area contributed by atoms with Gasteiger partial charge in [-0.2, -0.15) is 0 Å². The van der Waals surface area contributed by atoms with Crippen LogP contribution in [0.4, 0.5) is 5.69 Å². The number of pyridine rings is 1. The van der Waals surface area contributed by atoms with E-state index in [1.54, 1.807) is 30.3 Å². The summed E-state index contributed by atoms with van der Waals surface area (Å²) in [6, 6.07) is 9.32. The predicted octanol–water partition coefficient (Wildman–Crippen LogP) is 3.21. The van der Waals surface area contributed by atoms with Gasteiger partial charge in [-0.25, -0.2) is 4.98 Å². The molecule has 1 atom stereocenters. The van der Waals surface area contributed by atoms with Crippen LogP contribution in [0.2, 0.25) is 0 Å². The predicted molar refractivity (Wildman–Crippen MR) is 115 cm³/mol. The van der Waals surface area contributed by atoms with Gasteiger partial charge in [0.05, 0.1) is 24.4 Å². The summed E-state index contributed by atoms with van der Waals surface area (Å²) >= 11 is 0. The van der Waals surface area contributed by atoms with E-state index >= 15 is 0 Å². The Morgan fingerprint density at radius 1 is 1.17 bits per heavy atom. The lowest BCUT2D eigenvalue weighted by Crippen LogP contribution is -2.43. The van der Waals surface area contributed by atoms with Crippen LogP contribution in [-0.4, -0.2) is 55.1 Å². The number of carbonyl (C=O) groups is 2. The van der Waals surface area contributed by atoms with Crippen LogP contribution in [-0.2, 0) is 9.53 Å². The SMILES string of the molecule is COCCOc1ccc(NC(=O)C2CCCN(C(=O)c3cc(C)cc(C)c3)C2)cn1. The highest BCUT2D eigenvalue weighted by Gasteiger charge is 2.29. The Balaban J connectivity index is 1.58. The van der Waals surface area contributed by atoms with Crippen LogP contribution >= 0.6 is 0 Å². The number of benzene rings is 1. The first-order valence-corrected chi connectivity index (χ1v) is 10.2. The van der Waals surface area contributed by atoms with Crippen LogP contribution < -0.4 is 10.1 Å². The van der Waals surface area contributed by atoms with Crippen molar-refractivity contribution in [3.05, 3.63) is 53.2 Å². The Bertz CT molecular complexity index is 862. The molecule has 3 rings (SSSR count). The van der Waals surface area contributed by atoms with Crippen molar-refractivity contribution >= 4 is 17.5 Å². The molecule has 30 heavy (non-hydrogen) atoms. The average Bonchev–Trinajstić information content (AvgIpc) is 2.74. The summed E-state index contributed by atoms with van der Waals surface area (Å²) in [5, 5.41) is 2.90. The number of aryl methyl sites for hydroxylation is 2. The second-order valence-corrected chi connectivity index (χ2v) is 7.68. The number of rotatable bonds is 7. The third kappa shape index (κ3) is 5.79. The quantitative estimate of drug-likeness (QED) is 0.708. The summed E-state index contributed by atoms with van der Waals surface area (Å²) in [5.74, 6) is 0.125. The first-order chi connectivity index (χ1) is 14.5. The summed E-state index contributed by atoms with van der Waals surface area (Å²) in [7, 11) is 1.61. The van der Waals surface area contributed by atoms with Crippen molar-refractivity contribution < 1.29 is 19.1 Å². The number of carbonyl (C=O) groups excluding carboxylic acids is 2. The zero-order chi connectivity index (χ0) is 21.5. The van der Waals surface area contributed by atoms with Crippen LogP contribution in [0.15, 0.2) is 36.5 Å². The molecule has 1 N–H and O–H groups in total. The number of methoxy groups -OCH3 is 1. The monoisotopic (exact) mass is 411 g/mol. The second-order valence-electron chi connectivity index (χ2n) is 7.68. The van der Waals surface area contributed by atoms with E-state index in [4.69, 9.17) is 9.47 Å². The molecule has 1 unspecified atom stereocenters. The highest BCUT2D eigenvalue weighted by molar-refractivity contribution is 5.96. The number of ether oxygens (including phenoxy) is 2. The van der Waals surface area contributed by atoms with Crippen LogP contribution in [0, 0.1) is 19.8 Å². The van der Waals surface area contributed by atoms with E-state index in [2.05, 4.69) is 10.3 Å². The molecule has 2 heterocycles. The summed E-state index contributed by atoms with van der Waals surface area (Å²) in [6.07, 6.45) is 3.13. The lowest BCUT2D eigenvalue weighted by molar-refractivity contribution is -0.121. The molecule has 1 saturated heterocycles. The molecule has 7 nitrogen and oxygen atoms in total. The number of nitrogens with one attached hydrogen (secondary N) is 1. The summed E-state index contributed by atoms with van der Waals surface area (Å²) in [5.41, 5.74) is 3.41. The lowest BCUT2D eigenvalue weighted by Gasteiger charge is -2.32. The number of piperidine rings is 1. The van der Waals surface area contributed by atoms with E-state index in [0.717, 1.165) is 24.0 Å². The molecule has 0 spiro atoms. The molecule has 0 bridgehead atoms. The number of anilines is 1. The van der Waals surface area contributed by atoms with E-state index in [9.17, 15) is 9.59 Å². The largest absolute Gasteiger partial charge is 0.475 e. The van der Waals surface area contributed by atoms with Crippen LogP contribution in [0.25, 0.3) is 0 Å². The average molecular weight is 412 g/mol. The molecular weight excluding hydrogens is 382 g/mol. The van der Waals surface area contributed by atoms with Gasteiger partial charge >= 0.3 is 0 Å². The number of aromatic nitrogens is 1. The van der Waals surface area contributed by atoms with Gasteiger partial charge in [-0.3, -0.25) is 9.59 Å². The Morgan fingerprint density at radius 3 is 2.60 bits per heavy atom. The first kappa shape index (κ1) is 21.8. The molecule has 1 aromatic carbocycles. The van der Waals surface area contributed by atoms with Gasteiger partial charge in [0.1, 0.15) is 6.61 Å². The molecule has 7 heteroatoms. The molecule has 2 amide bonds. The maximum Gasteiger partial charge on any atom is 0.253 e. The van der Waals surface area contributed by atoms with Crippen molar-refractivity contribution in [1.29, 1.82) is 0 Å². The topological polar surface area (TPSA) is 80.8 Å². The van der Waals surface area contributed by atoms with E-state index in [1.165, 1.54) is 0 Å². The molecule has 0 aliphatic carbocycles. The lowest BCUT2D eigenvalue weighted by atomic mass is 9.96. The normalized spacial score (nSPS) is 16.2. The van der Waals surface area contributed by atoms with Crippen molar-refractivity contribution in [3.8, 4) is 5.88 Å². The number of hydrogen-bond acceptors (Lipinski definition) is 5. The van der Waals surface area contributed by atoms with Crippen molar-refractivity contribution in [2.75, 3.05) is 38.7 Å². The van der Waals surface area contributed by atoms with Gasteiger partial charge in [0, 0.05) is 31.8 Å². The molecule has 1 fully saturated rings. The van der Waals surface area contributed by atoms with Crippen LogP contribution in [0.1, 0.15) is 34.3 Å². The molecule has 1 aliphatic rings. The summed E-state index contributed by atoms with van der Waals surface area (Å²) < 4.78 is 10.4. The van der Waals surface area contributed by atoms with Crippen molar-refractivity contribution in [2.45, 2.75) is 26.7 Å². The molecule has 1 aromatic heterocycles. The van der Waals surface area contributed by atoms with Gasteiger partial charge < -0.3 is 19.7 Å². The second kappa shape index (κ2) is 10.2. The van der Waals surface area contributed by atoms with E-state index in [1.807, 2.05) is 32.0 Å². The summed E-state index contributed by atoms with van der Waals surface area (Å²) in [4.78, 5) is 31.7. The Hall–Kier alpha value is -2.93. The van der Waals surface area contributed by atoms with Crippen molar-refractivity contribution in [2.24, 2.45) is 5.92 Å². The standard InChI is InChI=1S/C23H29N3O4/c1-16-11-17(2)13-19(12-16)23(28)26-8-4-5-18(15-26)22(27)25-20-6-7-21(24-14-20)30-10-9-29-3/h6-7,11-14,18H,4-5,8-10,15H2,1-3H3,(H,25,27). The Labute approximate surface area is 177 Å². The zero-order valence-corrected chi connectivity index (χ0v) is 17.8. The number of hydrogen-bond donors (Lipinski definition) is 1. The third-order valence-electron chi connectivity index (χ3n) is 5.09. The molecule has 0 radical (unpaired) electrons. The van der Waals surface area contributed by atoms with Gasteiger partial charge in [0.25, 0.3) is 5.91 Å². The van der Waals surface area contributed by atoms with E-state index in [-0.39, 0.29) is 17.7 Å². The molecule has 1 aliphatic heterocycles. The number of likely N-dealkylation sites (tertiary alicyclic amines) is 1. The highest BCUT2D eigenvalue weighted by atomic mass is 16.5. The van der Waals surface area contributed by atoms with Gasteiger partial charge in [-0.05, 0) is 44.9 Å². The number of nitrogens with zero attached hydrogens (tertiary/aromatic N) is 2. The van der Waals surface area contributed by atoms with Gasteiger partial charge in [-0.15, -0.1) is 0 Å². The Kier molecular flexibility index (Phi) is 7.41. The maximum atomic E-state index is 12.9. The fourth-order valence-corrected chi connectivity index (χ4v) is 3.67. The minimum atomic E-state index is -0.244. The minimum Gasteiger partial charge on any atom is -0.475 e. The maximum absolute atomic E-state index is 12.9. The fraction of sp³-hybridized carbons (Fsp3) is 0.435. The highest BCUT2D eigenvalue weighted by Crippen LogP contribution is 2.22. The zero-order valence-electron chi connectivity index (χ0n) is 17.8. The Morgan fingerprint density at radius 2 is 1.93 bits per heavy atom. The van der Waals surface area contributed by atoms with Crippen molar-refractivity contribution in [1.82, 2.24) is 9.88 Å². The van der Waals surface area contributed by atoms with Gasteiger partial charge in [-0.1, -0.05) is 17.2 Å². The fourth-order valence-electron chi connectivity index (χ4n) is 3.67. The molecule has 160 valence electrons. The summed E-state index contributed by atoms with van der Waals surface area (Å²) in [6.45, 7) is 5.96. The number of amides is 2. The minimum absolute atomic E-state index is 0.0153. The van der Waals surface area contributed by atoms with E-state index in [0.29, 0.717) is 43.4 Å².